The van der Waals surface area contributed by atoms with Gasteiger partial charge in [0.1, 0.15) is 5.82 Å². The number of sulfonamides is 4. The molecule has 0 saturated carbocycles. The molecule has 8 amide bonds. The molecule has 8 heterocycles. The Balaban J connectivity index is 0.000000155. The molecule has 0 spiro atoms. The first-order chi connectivity index (χ1) is 64.2. The Morgan fingerprint density at radius 3 is 1.04 bits per heavy atom. The molecule has 5 N–H and O–H groups in total. The summed E-state index contributed by atoms with van der Waals surface area (Å²) in [5, 5.41) is 10.3. The van der Waals surface area contributed by atoms with E-state index in [1.807, 2.05) is 96.1 Å². The maximum Gasteiger partial charge on any atom is 0.268 e. The number of rotatable bonds is 19. The van der Waals surface area contributed by atoms with Crippen LogP contribution in [0.2, 0.25) is 20.1 Å². The summed E-state index contributed by atoms with van der Waals surface area (Å²) in [5.41, 5.74) is 5.00. The number of imide groups is 4. The number of aromatic nitrogens is 4. The Labute approximate surface area is 819 Å². The fourth-order valence-electron chi connectivity index (χ4n) is 15.4. The Hall–Kier alpha value is -13.2. The number of carbonyl (C=O) groups excluding carboxylic acids is 8. The Kier molecular flexibility index (Phi) is 28.4. The summed E-state index contributed by atoms with van der Waals surface area (Å²) < 4.78 is 129. The van der Waals surface area contributed by atoms with Crippen molar-refractivity contribution in [2.24, 2.45) is 0 Å². The molecule has 0 fully saturated rings. The van der Waals surface area contributed by atoms with E-state index in [-0.39, 0.29) is 147 Å². The lowest BCUT2D eigenvalue weighted by Gasteiger charge is -2.34. The van der Waals surface area contributed by atoms with Gasteiger partial charge in [-0.25, -0.2) is 43.0 Å². The van der Waals surface area contributed by atoms with E-state index in [2.05, 4.69) is 33.8 Å². The Morgan fingerprint density at radius 2 is 0.696 bits per heavy atom. The predicted molar refractivity (Wildman–Crippen MR) is 523 cm³/mol. The number of benzene rings is 8. The first-order valence-corrected chi connectivity index (χ1v) is 50.2. The van der Waals surface area contributed by atoms with Gasteiger partial charge in [0, 0.05) is 54.9 Å². The molecule has 16 rings (SSSR count). The normalized spacial score (nSPS) is 14.0. The number of nitrogens with zero attached hydrogens (tertiary/aromatic N) is 8. The molecular weight excluding hydrogens is 1930 g/mol. The average molecular weight is 2030 g/mol. The van der Waals surface area contributed by atoms with Gasteiger partial charge in [0.25, 0.3) is 87.4 Å². The van der Waals surface area contributed by atoms with Crippen molar-refractivity contribution in [1.82, 2.24) is 29.7 Å². The number of halogens is 5. The summed E-state index contributed by atoms with van der Waals surface area (Å²) in [6.07, 6.45) is 6.90. The molecular formula is C100H96Cl4FN12O17S4+. The van der Waals surface area contributed by atoms with Gasteiger partial charge in [0.2, 0.25) is 11.4 Å². The van der Waals surface area contributed by atoms with Crippen molar-refractivity contribution in [3.63, 3.8) is 0 Å². The largest absolute Gasteiger partial charge is 0.285 e. The second-order valence-corrected chi connectivity index (χ2v) is 45.9. The number of amides is 8. The lowest BCUT2D eigenvalue weighted by Crippen LogP contribution is -2.45. The van der Waals surface area contributed by atoms with Gasteiger partial charge in [0.15, 0.2) is 0 Å². The first-order valence-electron chi connectivity index (χ1n) is 42.7. The smallest absolute Gasteiger partial charge is 0.268 e. The molecule has 0 aliphatic carbocycles. The van der Waals surface area contributed by atoms with Crippen molar-refractivity contribution in [2.75, 3.05) is 23.8 Å². The number of pyridine rings is 4. The maximum absolute atomic E-state index is 13.6. The number of hydrogen-bond donors (Lipinski definition) is 5. The van der Waals surface area contributed by atoms with E-state index < -0.39 is 98.7 Å². The van der Waals surface area contributed by atoms with Gasteiger partial charge in [0.05, 0.1) is 149 Å². The molecule has 0 bridgehead atoms. The Morgan fingerprint density at radius 1 is 0.362 bits per heavy atom. The van der Waals surface area contributed by atoms with E-state index in [0.717, 1.165) is 65.7 Å². The molecule has 8 aromatic carbocycles. The van der Waals surface area contributed by atoms with Crippen LogP contribution in [0.4, 0.5) is 32.8 Å². The van der Waals surface area contributed by atoms with Gasteiger partial charge in [-0.2, -0.15) is 0 Å². The third-order valence-electron chi connectivity index (χ3n) is 23.4. The summed E-state index contributed by atoms with van der Waals surface area (Å²) in [7, 11) is -16.2. The van der Waals surface area contributed by atoms with Crippen LogP contribution in [0.15, 0.2) is 239 Å². The Bertz CT molecular complexity index is 7510. The molecule has 716 valence electrons. The average Bonchev–Trinajstić information content (AvgIpc) is 1.58. The van der Waals surface area contributed by atoms with Crippen LogP contribution >= 0.6 is 46.4 Å². The van der Waals surface area contributed by atoms with Gasteiger partial charge >= 0.3 is 0 Å². The van der Waals surface area contributed by atoms with E-state index in [4.69, 9.17) is 46.4 Å². The van der Waals surface area contributed by atoms with Crippen LogP contribution in [0.1, 0.15) is 236 Å². The van der Waals surface area contributed by atoms with E-state index in [9.17, 15) is 81.6 Å². The van der Waals surface area contributed by atoms with Gasteiger partial charge in [-0.05, 0) is 191 Å². The second-order valence-electron chi connectivity index (χ2n) is 37.6. The van der Waals surface area contributed by atoms with E-state index in [1.54, 1.807) is 125 Å². The third-order valence-corrected chi connectivity index (χ3v) is 30.1. The van der Waals surface area contributed by atoms with Gasteiger partial charge < -0.3 is 0 Å². The summed E-state index contributed by atoms with van der Waals surface area (Å²) in [6, 6.07) is 48.3. The number of hydrogen-bond acceptors (Lipinski definition) is 20. The number of anilines is 5. The van der Waals surface area contributed by atoms with Crippen molar-refractivity contribution in [2.45, 2.75) is 178 Å². The van der Waals surface area contributed by atoms with Crippen LogP contribution in [-0.4, -0.2) is 116 Å². The predicted octanol–water partition coefficient (Wildman–Crippen LogP) is 19.5. The summed E-state index contributed by atoms with van der Waals surface area (Å²) >= 11 is 25.0. The zero-order chi connectivity index (χ0) is 101. The zero-order valence-corrected chi connectivity index (χ0v) is 84.1. The van der Waals surface area contributed by atoms with Crippen LogP contribution in [-0.2, 0) is 80.4 Å². The van der Waals surface area contributed by atoms with Crippen molar-refractivity contribution < 1.29 is 86.4 Å². The van der Waals surface area contributed by atoms with Crippen molar-refractivity contribution in [3.8, 4) is 0 Å². The van der Waals surface area contributed by atoms with Crippen LogP contribution in [0, 0.1) is 26.6 Å². The molecule has 12 aromatic rings. The molecule has 4 aliphatic rings. The standard InChI is InChI=1S/C26H26ClN3O5S.C26H26ClN3O4S.C25H24ClN3O4S.C23H19ClFN3O4S/c1-15-6-7-17(16(2)30(15)33)14-29-24(31)22-20(27)12-13-21(23(22)25(29)32)28-36(34,35)19-10-8-18(9-11-19)26(3,4)5;1-25(2,3)16-8-10-18(11-9-16)35(33,34)29-20-13-12-19(27)21-22(20)24(32)30(23(21)31)26(4,5)17-7-6-14-28-15-17;1-15-5-8-17(27-13-15)14-29-23(30)21-19(26)11-12-20(22(21)24(29)31)28-34(32,33)18-9-6-16(7-10-18)25(2,3)4;1-23(2,3)13-4-6-16(7-5-13)33(31,32)27-18-9-8-17(24)19-20(18)22(30)28(21(19)29)15-10-14(25)11-26-12-15/h6-13H,14H2,1-5H3,(H-,28,32,33);6-15,29H,1-5H3;5-13,28H,14H2,1-4H3;4-12,27H,1-3H3/p+1. The topological polar surface area (TPSA) is 397 Å². The van der Waals surface area contributed by atoms with Crippen LogP contribution in [0.3, 0.4) is 0 Å². The highest BCUT2D eigenvalue weighted by atomic mass is 35.5. The van der Waals surface area contributed by atoms with Crippen LogP contribution in [0.5, 0.6) is 0 Å². The molecule has 138 heavy (non-hydrogen) atoms. The van der Waals surface area contributed by atoms with E-state index in [1.165, 1.54) is 97.1 Å². The molecule has 4 aromatic heterocycles. The summed E-state index contributed by atoms with van der Waals surface area (Å²) in [5.74, 6) is -6.17. The van der Waals surface area contributed by atoms with Gasteiger partial charge in [-0.3, -0.25) is 92.1 Å². The minimum atomic E-state index is -4.09. The van der Waals surface area contributed by atoms with E-state index >= 15 is 0 Å². The van der Waals surface area contributed by atoms with Crippen LogP contribution < -0.4 is 28.5 Å². The fraction of sp³-hybridized carbons (Fsp3) is 0.240. The SMILES string of the molecule is CC(C)(C)c1ccc(S(=O)(=O)Nc2ccc(Cl)c3c2C(=O)N(C(C)(C)c2cccnc2)C3=O)cc1.CC(C)(C)c1ccc(S(=O)(=O)Nc2ccc(Cl)c3c2C(=O)N(c2cncc(F)c2)C3=O)cc1.Cc1ccc(CN2C(=O)c3c(Cl)ccc(NS(=O)(=O)c4ccc(C(C)(C)C)cc4)c3C2=O)c(C)[n+]1O.Cc1ccc(CN2C(=O)c3c(Cl)ccc(NS(=O)(=O)c4ccc(C(C)(C)C)cc4)c3C2=O)nc1. The molecule has 0 unspecified atom stereocenters. The molecule has 4 aliphatic heterocycles. The molecule has 29 nitrogen and oxygen atoms in total. The number of fused-ring (bicyclic) bond motifs is 4. The van der Waals surface area contributed by atoms with Gasteiger partial charge in [-0.1, -0.05) is 190 Å². The quantitative estimate of drug-likeness (QED) is 0.0285. The molecule has 38 heteroatoms. The minimum absolute atomic E-state index is 0.00277. The third kappa shape index (κ3) is 20.8. The molecule has 0 atom stereocenters. The van der Waals surface area contributed by atoms with Crippen molar-refractivity contribution >= 4 is 162 Å². The highest BCUT2D eigenvalue weighted by molar-refractivity contribution is 7.93. The highest BCUT2D eigenvalue weighted by Gasteiger charge is 2.49. The fourth-order valence-corrected chi connectivity index (χ4v) is 20.6. The highest BCUT2D eigenvalue weighted by Crippen LogP contribution is 2.45. The molecule has 0 radical (unpaired) electrons. The van der Waals surface area contributed by atoms with Crippen molar-refractivity contribution in [3.05, 3.63) is 345 Å². The number of aryl methyl sites for hydroxylation is 2. The summed E-state index contributed by atoms with van der Waals surface area (Å²) in [4.78, 5) is 122. The first kappa shape index (κ1) is 102. The van der Waals surface area contributed by atoms with E-state index in [0.29, 0.717) is 33.1 Å². The lowest BCUT2D eigenvalue weighted by molar-refractivity contribution is -0.913. The lowest BCUT2D eigenvalue weighted by atomic mass is 9.87. The zero-order valence-electron chi connectivity index (χ0n) is 77.8. The maximum atomic E-state index is 13.6. The summed E-state index contributed by atoms with van der Waals surface area (Å²) in [6.45, 7) is 32.8. The second kappa shape index (κ2) is 38.3. The van der Waals surface area contributed by atoms with Crippen LogP contribution in [0.25, 0.3) is 0 Å². The number of nitrogens with one attached hydrogen (secondary N) is 4. The monoisotopic (exact) mass is 2020 g/mol. The van der Waals surface area contributed by atoms with Crippen molar-refractivity contribution in [1.29, 1.82) is 0 Å². The number of carbonyl (C=O) groups is 8. The molecule has 0 saturated heterocycles. The van der Waals surface area contributed by atoms with Gasteiger partial charge in [-0.15, -0.1) is 0 Å². The minimum Gasteiger partial charge on any atom is -0.285 e.